The summed E-state index contributed by atoms with van der Waals surface area (Å²) in [6, 6.07) is 28.6. The van der Waals surface area contributed by atoms with Crippen molar-refractivity contribution >= 4 is 11.4 Å². The Hall–Kier alpha value is -3.80. The first-order valence-electron chi connectivity index (χ1n) is 13.4. The van der Waals surface area contributed by atoms with Crippen LogP contribution < -0.4 is 20.2 Å². The number of hydrogen-bond donors (Lipinski definition) is 1. The zero-order valence-corrected chi connectivity index (χ0v) is 22.7. The van der Waals surface area contributed by atoms with E-state index in [-0.39, 0.29) is 0 Å². The van der Waals surface area contributed by atoms with Crippen molar-refractivity contribution in [2.24, 2.45) is 0 Å². The van der Waals surface area contributed by atoms with E-state index in [1.807, 2.05) is 48.5 Å². The quantitative estimate of drug-likeness (QED) is 0.307. The molecule has 1 spiro atoms. The van der Waals surface area contributed by atoms with E-state index < -0.39 is 11.4 Å². The Bertz CT molecular complexity index is 1480. The molecule has 1 unspecified atom stereocenters. The van der Waals surface area contributed by atoms with Crippen molar-refractivity contribution in [3.05, 3.63) is 118 Å². The first-order chi connectivity index (χ1) is 18.3. The molecule has 0 saturated carbocycles. The molecule has 0 amide bonds. The molecule has 0 aromatic heterocycles. The number of hydrogen-bond acceptors (Lipinski definition) is 4. The second-order valence-corrected chi connectivity index (χ2v) is 10.4. The third-order valence-electron chi connectivity index (χ3n) is 8.04. The summed E-state index contributed by atoms with van der Waals surface area (Å²) in [5, 5.41) is 14.9. The Labute approximate surface area is 224 Å². The molecular weight excluding hydrogens is 472 g/mol. The normalized spacial score (nSPS) is 18.9. The lowest BCUT2D eigenvalue weighted by molar-refractivity contribution is -0.612. The maximum absolute atomic E-state index is 14.9. The lowest BCUT2D eigenvalue weighted by atomic mass is 9.77. The van der Waals surface area contributed by atoms with Crippen LogP contribution in [0.3, 0.4) is 0 Å². The van der Waals surface area contributed by atoms with Crippen LogP contribution in [0, 0.1) is 13.8 Å². The maximum atomic E-state index is 14.9. The smallest absolute Gasteiger partial charge is 0.279 e. The highest BCUT2D eigenvalue weighted by atomic mass is 16.9. The molecule has 6 rings (SSSR count). The van der Waals surface area contributed by atoms with Crippen molar-refractivity contribution in [2.75, 3.05) is 23.5 Å². The zero-order valence-electron chi connectivity index (χ0n) is 22.7. The van der Waals surface area contributed by atoms with E-state index in [9.17, 15) is 5.11 Å². The summed E-state index contributed by atoms with van der Waals surface area (Å²) in [5.41, 5.74) is 10.3. The van der Waals surface area contributed by atoms with Gasteiger partial charge in [-0.15, -0.1) is 0 Å². The van der Waals surface area contributed by atoms with Gasteiger partial charge in [-0.3, -0.25) is 4.47 Å². The van der Waals surface area contributed by atoms with Crippen LogP contribution in [0.2, 0.25) is 0 Å². The highest BCUT2D eigenvalue weighted by molar-refractivity contribution is 5.68. The molecular formula is C33H34N2O3. The van der Waals surface area contributed by atoms with Crippen molar-refractivity contribution in [2.45, 2.75) is 46.0 Å². The van der Waals surface area contributed by atoms with Gasteiger partial charge in [-0.2, -0.15) is 5.48 Å². The molecule has 2 aliphatic heterocycles. The van der Waals surface area contributed by atoms with Crippen LogP contribution in [0.5, 0.6) is 11.5 Å². The lowest BCUT2D eigenvalue weighted by Gasteiger charge is -2.45. The van der Waals surface area contributed by atoms with Gasteiger partial charge in [-0.05, 0) is 81.8 Å². The molecule has 194 valence electrons. The molecule has 38 heavy (non-hydrogen) atoms. The fourth-order valence-corrected chi connectivity index (χ4v) is 6.20. The first kappa shape index (κ1) is 24.5. The number of rotatable bonds is 5. The molecule has 4 aromatic carbocycles. The Balaban J connectivity index is 1.70. The Morgan fingerprint density at radius 1 is 0.789 bits per heavy atom. The van der Waals surface area contributed by atoms with Gasteiger partial charge in [-0.25, -0.2) is 0 Å². The van der Waals surface area contributed by atoms with Gasteiger partial charge in [0.2, 0.25) is 0 Å². The standard InChI is InChI=1S/C33H34N2O3/c1-6-35(7-2)24-17-18-25-28(21-24)33(38(32(25,5)36)34-29-19-16-22(3)20-23(29)4)26-12-8-10-14-30(26)37-31-15-11-9-13-27(31)33/h8-21,34H,6-7H2,1-5H3. The second kappa shape index (κ2) is 8.90. The van der Waals surface area contributed by atoms with E-state index in [1.165, 1.54) is 5.56 Å². The monoisotopic (exact) mass is 506 g/mol. The molecule has 2 aliphatic rings. The van der Waals surface area contributed by atoms with E-state index >= 15 is 0 Å². The summed E-state index contributed by atoms with van der Waals surface area (Å²) in [7, 11) is 0. The van der Waals surface area contributed by atoms with E-state index in [0.29, 0.717) is 0 Å². The average Bonchev–Trinajstić information content (AvgIpc) is 3.10. The van der Waals surface area contributed by atoms with Crippen LogP contribution in [0.15, 0.2) is 84.9 Å². The molecule has 0 bridgehead atoms. The maximum Gasteiger partial charge on any atom is 0.279 e. The molecule has 5 nitrogen and oxygen atoms in total. The van der Waals surface area contributed by atoms with Crippen LogP contribution in [0.25, 0.3) is 0 Å². The number of aryl methyl sites for hydroxylation is 2. The SMILES string of the molecule is CCN(CC)c1ccc2c(c1)C1(c3ccccc3Oc3ccccc31)[O+](Nc1ccc(C)cc1C)C2(C)[O-]. The fourth-order valence-electron chi connectivity index (χ4n) is 6.20. The second-order valence-electron chi connectivity index (χ2n) is 10.4. The lowest BCUT2D eigenvalue weighted by Crippen LogP contribution is -2.54. The van der Waals surface area contributed by atoms with Crippen LogP contribution in [0.4, 0.5) is 11.4 Å². The van der Waals surface area contributed by atoms with Crippen molar-refractivity contribution in [1.82, 2.24) is 0 Å². The molecule has 5 heteroatoms. The molecule has 1 N–H and O–H groups in total. The minimum absolute atomic E-state index is 0.724. The number of ether oxygens (including phenoxy) is 1. The van der Waals surface area contributed by atoms with Gasteiger partial charge in [0.1, 0.15) is 17.2 Å². The van der Waals surface area contributed by atoms with Crippen molar-refractivity contribution < 1.29 is 14.3 Å². The summed E-state index contributed by atoms with van der Waals surface area (Å²) in [4.78, 5) is 2.32. The van der Waals surface area contributed by atoms with Gasteiger partial charge >= 0.3 is 0 Å². The number of nitrogens with zero attached hydrogens (tertiary/aromatic N) is 1. The average molecular weight is 507 g/mol. The van der Waals surface area contributed by atoms with Crippen molar-refractivity contribution in [3.63, 3.8) is 0 Å². The predicted octanol–water partition coefficient (Wildman–Crippen LogP) is 6.67. The van der Waals surface area contributed by atoms with E-state index in [1.54, 1.807) is 6.92 Å². The zero-order chi connectivity index (χ0) is 26.7. The number of fused-ring (bicyclic) bond motifs is 6. The molecule has 2 heterocycles. The van der Waals surface area contributed by atoms with E-state index in [4.69, 9.17) is 4.74 Å². The van der Waals surface area contributed by atoms with Crippen molar-refractivity contribution in [3.8, 4) is 11.5 Å². The van der Waals surface area contributed by atoms with Gasteiger partial charge in [-0.1, -0.05) is 42.0 Å². The number of anilines is 2. The molecule has 0 aliphatic carbocycles. The summed E-state index contributed by atoms with van der Waals surface area (Å²) >= 11 is 0. The Morgan fingerprint density at radius 2 is 1.42 bits per heavy atom. The number of para-hydroxylation sites is 2. The Morgan fingerprint density at radius 3 is 2.03 bits per heavy atom. The minimum Gasteiger partial charge on any atom is -0.780 e. The third-order valence-corrected chi connectivity index (χ3v) is 8.04. The van der Waals surface area contributed by atoms with Gasteiger partial charge in [0.05, 0.1) is 16.7 Å². The highest BCUT2D eigenvalue weighted by Gasteiger charge is 2.65. The van der Waals surface area contributed by atoms with Crippen LogP contribution in [0.1, 0.15) is 54.2 Å². The van der Waals surface area contributed by atoms with E-state index in [0.717, 1.165) is 63.8 Å². The molecule has 1 atom stereocenters. The highest BCUT2D eigenvalue weighted by Crippen LogP contribution is 2.63. The van der Waals surface area contributed by atoms with Crippen LogP contribution in [-0.4, -0.2) is 13.1 Å². The third kappa shape index (κ3) is 3.39. The summed E-state index contributed by atoms with van der Waals surface area (Å²) in [5.74, 6) is -0.183. The van der Waals surface area contributed by atoms with Gasteiger partial charge in [0.25, 0.3) is 5.60 Å². The van der Waals surface area contributed by atoms with Gasteiger partial charge in [0.15, 0.2) is 5.79 Å². The van der Waals surface area contributed by atoms with Gasteiger partial charge < -0.3 is 14.7 Å². The van der Waals surface area contributed by atoms with Gasteiger partial charge in [0, 0.05) is 31.3 Å². The number of benzene rings is 4. The van der Waals surface area contributed by atoms with Crippen molar-refractivity contribution in [1.29, 1.82) is 0 Å². The Kier molecular flexibility index (Phi) is 5.74. The molecule has 0 saturated heterocycles. The summed E-state index contributed by atoms with van der Waals surface area (Å²) in [6.45, 7) is 12.0. The predicted molar refractivity (Wildman–Crippen MR) is 151 cm³/mol. The first-order valence-corrected chi connectivity index (χ1v) is 13.4. The summed E-state index contributed by atoms with van der Waals surface area (Å²) in [6.07, 6.45) is 0. The van der Waals surface area contributed by atoms with E-state index in [2.05, 4.69) is 78.9 Å². The van der Waals surface area contributed by atoms with Crippen LogP contribution >= 0.6 is 0 Å². The van der Waals surface area contributed by atoms with Crippen LogP contribution in [-0.2, 0) is 15.9 Å². The molecule has 4 aromatic rings. The number of nitrogens with one attached hydrogen (secondary N) is 1. The molecule has 0 fully saturated rings. The molecule has 0 radical (unpaired) electrons. The summed E-state index contributed by atoms with van der Waals surface area (Å²) < 4.78 is 9.56. The topological polar surface area (TPSA) is 50.3 Å². The fraction of sp³-hybridized carbons (Fsp3) is 0.273. The largest absolute Gasteiger partial charge is 0.780 e. The minimum atomic E-state index is -1.66.